The van der Waals surface area contributed by atoms with Gasteiger partial charge in [0.15, 0.2) is 0 Å². The fourth-order valence-corrected chi connectivity index (χ4v) is 4.63. The first-order chi connectivity index (χ1) is 15.6. The minimum absolute atomic E-state index is 0.755. The number of imidazole rings is 1. The Balaban J connectivity index is 1.60. The normalized spacial score (nSPS) is 12.1. The van der Waals surface area contributed by atoms with Crippen LogP contribution < -0.4 is 4.74 Å². The number of benzene rings is 3. The molecule has 0 saturated carbocycles. The number of ether oxygens (including phenoxy) is 1. The first kappa shape index (κ1) is 20.2. The maximum Gasteiger partial charge on any atom is 0.119 e. The summed E-state index contributed by atoms with van der Waals surface area (Å²) in [6.07, 6.45) is 8.78. The second kappa shape index (κ2) is 8.40. The first-order valence-electron chi connectivity index (χ1n) is 10.1. The SMILES string of the molecule is COc1ccc2cc(-c3ccc(-n4cncc4-c4ccncc4)c(S(C)=O)c3)ccc2c1. The highest BCUT2D eigenvalue weighted by atomic mass is 32.2. The Morgan fingerprint density at radius 1 is 0.812 bits per heavy atom. The van der Waals surface area contributed by atoms with E-state index in [-0.39, 0.29) is 0 Å². The van der Waals surface area contributed by atoms with Crippen molar-refractivity contribution in [1.82, 2.24) is 14.5 Å². The lowest BCUT2D eigenvalue weighted by Crippen LogP contribution is -2.02. The van der Waals surface area contributed by atoms with E-state index in [0.717, 1.165) is 49.5 Å². The van der Waals surface area contributed by atoms with Crippen LogP contribution in [-0.2, 0) is 10.8 Å². The minimum Gasteiger partial charge on any atom is -0.497 e. The molecule has 6 heteroatoms. The van der Waals surface area contributed by atoms with Crippen LogP contribution in [0.3, 0.4) is 0 Å². The van der Waals surface area contributed by atoms with Gasteiger partial charge in [-0.25, -0.2) is 4.98 Å². The van der Waals surface area contributed by atoms with Gasteiger partial charge in [0.2, 0.25) is 0 Å². The second-order valence-electron chi connectivity index (χ2n) is 7.45. The van der Waals surface area contributed by atoms with Gasteiger partial charge in [-0.05, 0) is 64.4 Å². The van der Waals surface area contributed by atoms with E-state index >= 15 is 0 Å². The largest absolute Gasteiger partial charge is 0.497 e. The third-order valence-corrected chi connectivity index (χ3v) is 6.47. The van der Waals surface area contributed by atoms with Crippen LogP contribution in [0.25, 0.3) is 38.8 Å². The lowest BCUT2D eigenvalue weighted by Gasteiger charge is -2.14. The Labute approximate surface area is 188 Å². The predicted octanol–water partition coefficient (Wildman–Crippen LogP) is 5.50. The Morgan fingerprint density at radius 2 is 1.53 bits per heavy atom. The van der Waals surface area contributed by atoms with Crippen molar-refractivity contribution in [1.29, 1.82) is 0 Å². The van der Waals surface area contributed by atoms with E-state index in [1.54, 1.807) is 32.1 Å². The number of rotatable bonds is 5. The van der Waals surface area contributed by atoms with Crippen LogP contribution in [0.15, 0.2) is 96.5 Å². The van der Waals surface area contributed by atoms with E-state index in [4.69, 9.17) is 4.74 Å². The van der Waals surface area contributed by atoms with Crippen molar-refractivity contribution in [3.05, 3.63) is 91.6 Å². The zero-order chi connectivity index (χ0) is 22.1. The highest BCUT2D eigenvalue weighted by Crippen LogP contribution is 2.32. The van der Waals surface area contributed by atoms with Gasteiger partial charge in [0, 0.05) is 24.2 Å². The molecule has 0 fully saturated rings. The van der Waals surface area contributed by atoms with E-state index in [1.165, 1.54) is 0 Å². The van der Waals surface area contributed by atoms with Gasteiger partial charge in [-0.1, -0.05) is 24.3 Å². The molecule has 1 unspecified atom stereocenters. The smallest absolute Gasteiger partial charge is 0.119 e. The molecule has 1 atom stereocenters. The number of hydrogen-bond acceptors (Lipinski definition) is 4. The summed E-state index contributed by atoms with van der Waals surface area (Å²) in [4.78, 5) is 9.19. The van der Waals surface area contributed by atoms with Crippen molar-refractivity contribution < 1.29 is 8.95 Å². The molecule has 32 heavy (non-hydrogen) atoms. The van der Waals surface area contributed by atoms with Crippen molar-refractivity contribution in [3.63, 3.8) is 0 Å². The molecule has 2 aromatic heterocycles. The van der Waals surface area contributed by atoms with Crippen molar-refractivity contribution >= 4 is 21.6 Å². The van der Waals surface area contributed by atoms with Crippen LogP contribution in [0.4, 0.5) is 0 Å². The monoisotopic (exact) mass is 439 g/mol. The number of fused-ring (bicyclic) bond motifs is 1. The lowest BCUT2D eigenvalue weighted by molar-refractivity contribution is 0.415. The van der Waals surface area contributed by atoms with Crippen LogP contribution in [0.1, 0.15) is 0 Å². The van der Waals surface area contributed by atoms with Crippen molar-refractivity contribution in [3.8, 4) is 33.8 Å². The molecule has 0 amide bonds. The van der Waals surface area contributed by atoms with E-state index in [1.807, 2.05) is 47.2 Å². The molecule has 5 aromatic rings. The van der Waals surface area contributed by atoms with Gasteiger partial charge < -0.3 is 4.74 Å². The second-order valence-corrected chi connectivity index (χ2v) is 8.80. The standard InChI is InChI=1S/C26H21N3O2S/c1-31-23-7-5-20-13-19(3-4-21(20)14-23)22-6-8-24(26(15-22)32(2)30)29-17-28-16-25(29)18-9-11-27-12-10-18/h3-17H,1-2H3. The van der Waals surface area contributed by atoms with Gasteiger partial charge in [-0.15, -0.1) is 0 Å². The molecule has 0 bridgehead atoms. The molecule has 0 radical (unpaired) electrons. The number of hydrogen-bond donors (Lipinski definition) is 0. The van der Waals surface area contributed by atoms with Gasteiger partial charge >= 0.3 is 0 Å². The molecule has 0 saturated heterocycles. The van der Waals surface area contributed by atoms with Crippen LogP contribution in [-0.4, -0.2) is 32.1 Å². The fraction of sp³-hybridized carbons (Fsp3) is 0.0769. The van der Waals surface area contributed by atoms with Crippen LogP contribution >= 0.6 is 0 Å². The quantitative estimate of drug-likeness (QED) is 0.363. The van der Waals surface area contributed by atoms with Crippen molar-refractivity contribution in [2.75, 3.05) is 13.4 Å². The molecule has 0 aliphatic rings. The summed E-state index contributed by atoms with van der Waals surface area (Å²) in [5, 5.41) is 2.24. The summed E-state index contributed by atoms with van der Waals surface area (Å²) in [6, 6.07) is 22.3. The number of nitrogens with zero attached hydrogens (tertiary/aromatic N) is 3. The highest BCUT2D eigenvalue weighted by Gasteiger charge is 2.14. The molecular formula is C26H21N3O2S. The molecule has 5 rings (SSSR count). The van der Waals surface area contributed by atoms with E-state index in [0.29, 0.717) is 0 Å². The van der Waals surface area contributed by atoms with Crippen molar-refractivity contribution in [2.45, 2.75) is 4.90 Å². The van der Waals surface area contributed by atoms with Gasteiger partial charge in [0.1, 0.15) is 5.75 Å². The third kappa shape index (κ3) is 3.69. The maximum absolute atomic E-state index is 12.7. The molecule has 5 nitrogen and oxygen atoms in total. The van der Waals surface area contributed by atoms with Gasteiger partial charge in [0.05, 0.1) is 46.7 Å². The summed E-state index contributed by atoms with van der Waals surface area (Å²) in [5.74, 6) is 0.837. The number of pyridine rings is 1. The van der Waals surface area contributed by atoms with E-state index in [9.17, 15) is 4.21 Å². The summed E-state index contributed by atoms with van der Waals surface area (Å²) in [6.45, 7) is 0. The van der Waals surface area contributed by atoms with Gasteiger partial charge in [0.25, 0.3) is 0 Å². The summed E-state index contributed by atoms with van der Waals surface area (Å²) >= 11 is 0. The lowest BCUT2D eigenvalue weighted by atomic mass is 10.0. The zero-order valence-corrected chi connectivity index (χ0v) is 18.5. The Morgan fingerprint density at radius 3 is 2.31 bits per heavy atom. The highest BCUT2D eigenvalue weighted by molar-refractivity contribution is 7.84. The Bertz CT molecular complexity index is 1440. The molecule has 0 N–H and O–H groups in total. The molecule has 3 aromatic carbocycles. The number of aromatic nitrogens is 3. The summed E-state index contributed by atoms with van der Waals surface area (Å²) in [7, 11) is 0.488. The third-order valence-electron chi connectivity index (χ3n) is 5.52. The van der Waals surface area contributed by atoms with Crippen LogP contribution in [0.2, 0.25) is 0 Å². The number of methoxy groups -OCH3 is 1. The average molecular weight is 440 g/mol. The molecule has 0 aliphatic carbocycles. The molecule has 0 aliphatic heterocycles. The van der Waals surface area contributed by atoms with Crippen LogP contribution in [0, 0.1) is 0 Å². The van der Waals surface area contributed by atoms with Crippen LogP contribution in [0.5, 0.6) is 5.75 Å². The average Bonchev–Trinajstić information content (AvgIpc) is 3.33. The van der Waals surface area contributed by atoms with E-state index < -0.39 is 10.8 Å². The summed E-state index contributed by atoms with van der Waals surface area (Å²) < 4.78 is 20.0. The molecule has 158 valence electrons. The molecular weight excluding hydrogens is 418 g/mol. The van der Waals surface area contributed by atoms with Gasteiger partial charge in [-0.3, -0.25) is 13.8 Å². The Hall–Kier alpha value is -3.77. The molecule has 2 heterocycles. The van der Waals surface area contributed by atoms with Crippen molar-refractivity contribution in [2.24, 2.45) is 0 Å². The topological polar surface area (TPSA) is 57.0 Å². The predicted molar refractivity (Wildman–Crippen MR) is 129 cm³/mol. The Kier molecular flexibility index (Phi) is 5.29. The van der Waals surface area contributed by atoms with E-state index in [2.05, 4.69) is 40.3 Å². The maximum atomic E-state index is 12.7. The minimum atomic E-state index is -1.18. The zero-order valence-electron chi connectivity index (χ0n) is 17.7. The summed E-state index contributed by atoms with van der Waals surface area (Å²) in [5.41, 5.74) is 4.86. The first-order valence-corrected chi connectivity index (χ1v) is 11.7. The van der Waals surface area contributed by atoms with Gasteiger partial charge in [-0.2, -0.15) is 0 Å². The molecule has 0 spiro atoms. The fourth-order valence-electron chi connectivity index (χ4n) is 3.88.